The minimum atomic E-state index is -0.339. The van der Waals surface area contributed by atoms with E-state index in [2.05, 4.69) is 35.0 Å². The van der Waals surface area contributed by atoms with Crippen LogP contribution in [-0.2, 0) is 14.3 Å². The first-order chi connectivity index (χ1) is 11.5. The highest BCUT2D eigenvalue weighted by Crippen LogP contribution is 2.24. The molecular weight excluding hydrogens is 326 g/mol. The molecule has 1 amide bonds. The van der Waals surface area contributed by atoms with Crippen LogP contribution >= 0.6 is 11.8 Å². The van der Waals surface area contributed by atoms with Gasteiger partial charge in [-0.15, -0.1) is 0 Å². The first-order valence-corrected chi connectivity index (χ1v) is 8.57. The lowest BCUT2D eigenvalue weighted by Gasteiger charge is -2.12. The van der Waals surface area contributed by atoms with E-state index >= 15 is 0 Å². The minimum Gasteiger partial charge on any atom is -0.469 e. The second-order valence-corrected chi connectivity index (χ2v) is 6.21. The molecule has 0 aliphatic carbocycles. The molecule has 0 aliphatic rings. The molecule has 0 fully saturated rings. The molecule has 1 aromatic heterocycles. The number of amides is 1. The molecular formula is C17H21N3O3S. The number of aryl methyl sites for hydroxylation is 1. The van der Waals surface area contributed by atoms with Crippen molar-refractivity contribution in [2.45, 2.75) is 25.4 Å². The molecule has 6 nitrogen and oxygen atoms in total. The van der Waals surface area contributed by atoms with Crippen molar-refractivity contribution in [3.05, 3.63) is 41.7 Å². The number of ether oxygens (including phenoxy) is 1. The number of rotatable bonds is 7. The zero-order valence-electron chi connectivity index (χ0n) is 14.0. The van der Waals surface area contributed by atoms with Gasteiger partial charge in [0, 0.05) is 18.9 Å². The highest BCUT2D eigenvalue weighted by molar-refractivity contribution is 7.99. The van der Waals surface area contributed by atoms with Crippen LogP contribution in [0.3, 0.4) is 0 Å². The van der Waals surface area contributed by atoms with Gasteiger partial charge < -0.3 is 10.1 Å². The Kier molecular flexibility index (Phi) is 6.43. The van der Waals surface area contributed by atoms with Gasteiger partial charge in [0.2, 0.25) is 5.91 Å². The largest absolute Gasteiger partial charge is 0.469 e. The van der Waals surface area contributed by atoms with Crippen molar-refractivity contribution < 1.29 is 14.3 Å². The fourth-order valence-electron chi connectivity index (χ4n) is 2.16. The third-order valence-electron chi connectivity index (χ3n) is 3.65. The highest BCUT2D eigenvalue weighted by Gasteiger charge is 2.11. The summed E-state index contributed by atoms with van der Waals surface area (Å²) < 4.78 is 6.51. The number of imidazole rings is 1. The number of nitrogens with zero attached hydrogens (tertiary/aromatic N) is 2. The molecule has 0 spiro atoms. The van der Waals surface area contributed by atoms with Gasteiger partial charge in [0.05, 0.1) is 25.0 Å². The van der Waals surface area contributed by atoms with E-state index in [4.69, 9.17) is 0 Å². The number of methoxy groups -OCH3 is 1. The van der Waals surface area contributed by atoms with E-state index in [-0.39, 0.29) is 30.6 Å². The molecule has 0 radical (unpaired) electrons. The number of thioether (sulfide) groups is 1. The van der Waals surface area contributed by atoms with Crippen LogP contribution in [0.25, 0.3) is 5.69 Å². The Morgan fingerprint density at radius 1 is 1.33 bits per heavy atom. The number of carbonyl (C=O) groups is 2. The highest BCUT2D eigenvalue weighted by atomic mass is 32.2. The average Bonchev–Trinajstić information content (AvgIpc) is 3.03. The van der Waals surface area contributed by atoms with E-state index in [1.165, 1.54) is 30.0 Å². The lowest BCUT2D eigenvalue weighted by Crippen LogP contribution is -2.27. The van der Waals surface area contributed by atoms with Gasteiger partial charge in [0.25, 0.3) is 0 Å². The summed E-state index contributed by atoms with van der Waals surface area (Å²) >= 11 is 1.36. The smallest absolute Gasteiger partial charge is 0.307 e. The Hall–Kier alpha value is -2.28. The maximum atomic E-state index is 11.9. The second kappa shape index (κ2) is 8.54. The number of nitrogens with one attached hydrogen (secondary N) is 1. The minimum absolute atomic E-state index is 0.139. The van der Waals surface area contributed by atoms with Crippen molar-refractivity contribution in [2.75, 3.05) is 19.4 Å². The second-order valence-electron chi connectivity index (χ2n) is 5.26. The quantitative estimate of drug-likeness (QED) is 0.614. The molecule has 24 heavy (non-hydrogen) atoms. The van der Waals surface area contributed by atoms with E-state index in [9.17, 15) is 9.59 Å². The first-order valence-electron chi connectivity index (χ1n) is 7.59. The maximum Gasteiger partial charge on any atom is 0.307 e. The SMILES string of the molecule is COC(=O)CCNC(=O)CSc1nccn1-c1cccc(C)c1C. The summed E-state index contributed by atoms with van der Waals surface area (Å²) in [4.78, 5) is 27.2. The lowest BCUT2D eigenvalue weighted by molar-refractivity contribution is -0.140. The number of benzene rings is 1. The topological polar surface area (TPSA) is 73.2 Å². The third-order valence-corrected chi connectivity index (χ3v) is 4.62. The lowest BCUT2D eigenvalue weighted by atomic mass is 10.1. The van der Waals surface area contributed by atoms with Gasteiger partial charge in [-0.25, -0.2) is 4.98 Å². The summed E-state index contributed by atoms with van der Waals surface area (Å²) in [5.41, 5.74) is 3.44. The molecule has 2 rings (SSSR count). The van der Waals surface area contributed by atoms with E-state index in [0.29, 0.717) is 0 Å². The summed E-state index contributed by atoms with van der Waals surface area (Å²) in [5, 5.41) is 3.45. The van der Waals surface area contributed by atoms with E-state index in [1.54, 1.807) is 6.20 Å². The Bertz CT molecular complexity index is 728. The van der Waals surface area contributed by atoms with Gasteiger partial charge in [-0.05, 0) is 31.0 Å². The van der Waals surface area contributed by atoms with Crippen molar-refractivity contribution in [3.63, 3.8) is 0 Å². The van der Waals surface area contributed by atoms with Crippen LogP contribution in [0.1, 0.15) is 17.5 Å². The molecule has 0 saturated heterocycles. The van der Waals surface area contributed by atoms with Crippen LogP contribution in [0.5, 0.6) is 0 Å². The molecule has 0 bridgehead atoms. The van der Waals surface area contributed by atoms with Crippen LogP contribution < -0.4 is 5.32 Å². The molecule has 1 N–H and O–H groups in total. The van der Waals surface area contributed by atoms with Crippen LogP contribution in [0.15, 0.2) is 35.7 Å². The summed E-state index contributed by atoms with van der Waals surface area (Å²) in [5.74, 6) is -0.240. The fraction of sp³-hybridized carbons (Fsp3) is 0.353. The first kappa shape index (κ1) is 18.1. The van der Waals surface area contributed by atoms with Crippen LogP contribution in [0.4, 0.5) is 0 Å². The number of hydrogen-bond donors (Lipinski definition) is 1. The van der Waals surface area contributed by atoms with Crippen LogP contribution in [0, 0.1) is 13.8 Å². The van der Waals surface area contributed by atoms with Gasteiger partial charge in [-0.1, -0.05) is 23.9 Å². The summed E-state index contributed by atoms with van der Waals surface area (Å²) in [6.45, 7) is 4.41. The Morgan fingerprint density at radius 3 is 2.88 bits per heavy atom. The zero-order chi connectivity index (χ0) is 17.5. The fourth-order valence-corrected chi connectivity index (χ4v) is 2.96. The van der Waals surface area contributed by atoms with Gasteiger partial charge in [-0.2, -0.15) is 0 Å². The number of aromatic nitrogens is 2. The number of carbonyl (C=O) groups excluding carboxylic acids is 2. The molecule has 2 aromatic rings. The predicted molar refractivity (Wildman–Crippen MR) is 93.4 cm³/mol. The van der Waals surface area contributed by atoms with E-state index < -0.39 is 0 Å². The average molecular weight is 347 g/mol. The standard InChI is InChI=1S/C17H21N3O3S/c1-12-5-4-6-14(13(12)2)20-10-9-19-17(20)24-11-15(21)18-8-7-16(22)23-3/h4-6,9-10H,7-8,11H2,1-3H3,(H,18,21). The molecule has 0 saturated carbocycles. The van der Waals surface area contributed by atoms with Crippen LogP contribution in [0.2, 0.25) is 0 Å². The maximum absolute atomic E-state index is 11.9. The van der Waals surface area contributed by atoms with Crippen molar-refractivity contribution in [1.82, 2.24) is 14.9 Å². The van der Waals surface area contributed by atoms with Gasteiger partial charge in [-0.3, -0.25) is 14.2 Å². The zero-order valence-corrected chi connectivity index (χ0v) is 14.9. The van der Waals surface area contributed by atoms with E-state index in [1.807, 2.05) is 22.9 Å². The molecule has 1 aromatic carbocycles. The molecule has 0 unspecified atom stereocenters. The van der Waals surface area contributed by atoms with Gasteiger partial charge in [0.1, 0.15) is 0 Å². The third kappa shape index (κ3) is 4.61. The predicted octanol–water partition coefficient (Wildman–Crippen LogP) is 2.26. The Labute approximate surface area is 145 Å². The van der Waals surface area contributed by atoms with Gasteiger partial charge >= 0.3 is 5.97 Å². The van der Waals surface area contributed by atoms with Crippen LogP contribution in [-0.4, -0.2) is 40.8 Å². The van der Waals surface area contributed by atoms with E-state index in [0.717, 1.165) is 10.8 Å². The van der Waals surface area contributed by atoms with Crippen molar-refractivity contribution in [1.29, 1.82) is 0 Å². The summed E-state index contributed by atoms with van der Waals surface area (Å²) in [7, 11) is 1.33. The number of esters is 1. The molecule has 7 heteroatoms. The molecule has 128 valence electrons. The monoisotopic (exact) mass is 347 g/mol. The normalized spacial score (nSPS) is 10.5. The number of hydrogen-bond acceptors (Lipinski definition) is 5. The van der Waals surface area contributed by atoms with Gasteiger partial charge in [0.15, 0.2) is 5.16 Å². The summed E-state index contributed by atoms with van der Waals surface area (Å²) in [6.07, 6.45) is 3.78. The molecule has 0 atom stereocenters. The van der Waals surface area contributed by atoms with Crippen molar-refractivity contribution in [2.24, 2.45) is 0 Å². The molecule has 1 heterocycles. The molecule has 0 aliphatic heterocycles. The van der Waals surface area contributed by atoms with Crippen molar-refractivity contribution in [3.8, 4) is 5.69 Å². The Balaban J connectivity index is 1.95. The summed E-state index contributed by atoms with van der Waals surface area (Å²) in [6, 6.07) is 6.10. The Morgan fingerprint density at radius 2 is 2.12 bits per heavy atom. The van der Waals surface area contributed by atoms with Crippen molar-refractivity contribution >= 4 is 23.6 Å².